The first kappa shape index (κ1) is 13.8. The van der Waals surface area contributed by atoms with Gasteiger partial charge in [0, 0.05) is 12.0 Å². The zero-order valence-corrected chi connectivity index (χ0v) is 10.5. The summed E-state index contributed by atoms with van der Waals surface area (Å²) in [5.41, 5.74) is 6.19. The van der Waals surface area contributed by atoms with E-state index in [4.69, 9.17) is 5.73 Å². The maximum Gasteiger partial charge on any atom is 0.162 e. The lowest BCUT2D eigenvalue weighted by atomic mass is 9.83. The number of ketones is 1. The zero-order chi connectivity index (χ0) is 12.9. The molecule has 0 saturated carbocycles. The Hall–Kier alpha value is -1.22. The molecule has 0 heterocycles. The van der Waals surface area contributed by atoms with Crippen molar-refractivity contribution < 1.29 is 9.18 Å². The van der Waals surface area contributed by atoms with Crippen molar-refractivity contribution in [3.63, 3.8) is 0 Å². The van der Waals surface area contributed by atoms with Gasteiger partial charge in [-0.25, -0.2) is 4.39 Å². The summed E-state index contributed by atoms with van der Waals surface area (Å²) in [6.07, 6.45) is 2.20. The molecule has 2 N–H and O–H groups in total. The predicted molar refractivity (Wildman–Crippen MR) is 67.4 cm³/mol. The fraction of sp³-hybridized carbons (Fsp3) is 0.500. The third kappa shape index (κ3) is 4.65. The Kier molecular flexibility index (Phi) is 4.82. The molecule has 94 valence electrons. The van der Waals surface area contributed by atoms with E-state index in [1.807, 2.05) is 0 Å². The van der Waals surface area contributed by atoms with Crippen molar-refractivity contribution in [3.05, 3.63) is 35.6 Å². The first-order valence-electron chi connectivity index (χ1n) is 5.93. The minimum atomic E-state index is -0.315. The quantitative estimate of drug-likeness (QED) is 0.772. The van der Waals surface area contributed by atoms with Crippen LogP contribution in [0.4, 0.5) is 4.39 Å². The van der Waals surface area contributed by atoms with Crippen LogP contribution < -0.4 is 5.73 Å². The molecule has 0 saturated heterocycles. The molecule has 1 aromatic rings. The molecule has 0 atom stereocenters. The summed E-state index contributed by atoms with van der Waals surface area (Å²) in [7, 11) is 0. The highest BCUT2D eigenvalue weighted by molar-refractivity contribution is 5.95. The lowest BCUT2D eigenvalue weighted by Gasteiger charge is -2.23. The van der Waals surface area contributed by atoms with Gasteiger partial charge in [-0.15, -0.1) is 0 Å². The Balaban J connectivity index is 2.53. The van der Waals surface area contributed by atoms with Crippen molar-refractivity contribution in [2.75, 3.05) is 6.54 Å². The number of hydrogen-bond acceptors (Lipinski definition) is 2. The monoisotopic (exact) mass is 237 g/mol. The summed E-state index contributed by atoms with van der Waals surface area (Å²) in [6.45, 7) is 4.85. The molecule has 17 heavy (non-hydrogen) atoms. The maximum absolute atomic E-state index is 12.7. The van der Waals surface area contributed by atoms with Gasteiger partial charge < -0.3 is 5.73 Å². The molecule has 0 spiro atoms. The van der Waals surface area contributed by atoms with E-state index in [0.29, 0.717) is 18.5 Å². The van der Waals surface area contributed by atoms with E-state index in [2.05, 4.69) is 13.8 Å². The Labute approximate surface area is 102 Å². The van der Waals surface area contributed by atoms with Crippen LogP contribution in [0.1, 0.15) is 43.5 Å². The van der Waals surface area contributed by atoms with Crippen molar-refractivity contribution in [2.45, 2.75) is 33.1 Å². The number of carbonyl (C=O) groups excluding carboxylic acids is 1. The molecule has 2 nitrogen and oxygen atoms in total. The minimum absolute atomic E-state index is 0.0649. The van der Waals surface area contributed by atoms with Crippen LogP contribution in [-0.2, 0) is 0 Å². The molecule has 1 rings (SSSR count). The predicted octanol–water partition coefficient (Wildman–Crippen LogP) is 3.16. The van der Waals surface area contributed by atoms with Crippen molar-refractivity contribution in [3.8, 4) is 0 Å². The van der Waals surface area contributed by atoms with E-state index >= 15 is 0 Å². The normalized spacial score (nSPS) is 11.5. The van der Waals surface area contributed by atoms with Gasteiger partial charge in [0.05, 0.1) is 0 Å². The molecule has 1 aromatic carbocycles. The highest BCUT2D eigenvalue weighted by Crippen LogP contribution is 2.26. The van der Waals surface area contributed by atoms with Crippen LogP contribution in [0.2, 0.25) is 0 Å². The van der Waals surface area contributed by atoms with Crippen molar-refractivity contribution in [1.29, 1.82) is 0 Å². The van der Waals surface area contributed by atoms with Crippen LogP contribution in [0.15, 0.2) is 24.3 Å². The fourth-order valence-electron chi connectivity index (χ4n) is 1.75. The molecule has 0 aromatic heterocycles. The first-order chi connectivity index (χ1) is 7.94. The highest BCUT2D eigenvalue weighted by Gasteiger charge is 2.18. The van der Waals surface area contributed by atoms with Crippen LogP contribution >= 0.6 is 0 Å². The van der Waals surface area contributed by atoms with Gasteiger partial charge in [0.1, 0.15) is 5.82 Å². The average molecular weight is 237 g/mol. The third-order valence-corrected chi connectivity index (χ3v) is 3.02. The van der Waals surface area contributed by atoms with E-state index in [-0.39, 0.29) is 17.0 Å². The van der Waals surface area contributed by atoms with Gasteiger partial charge in [-0.05, 0) is 49.1 Å². The summed E-state index contributed by atoms with van der Waals surface area (Å²) in [5, 5.41) is 0. The number of carbonyl (C=O) groups is 1. The molecular weight excluding hydrogens is 217 g/mol. The van der Waals surface area contributed by atoms with Gasteiger partial charge in [0.2, 0.25) is 0 Å². The lowest BCUT2D eigenvalue weighted by molar-refractivity contribution is 0.0961. The molecule has 0 bridgehead atoms. The third-order valence-electron chi connectivity index (χ3n) is 3.02. The van der Waals surface area contributed by atoms with E-state index in [1.165, 1.54) is 24.3 Å². The second-order valence-electron chi connectivity index (χ2n) is 5.13. The van der Waals surface area contributed by atoms with Crippen LogP contribution in [0.25, 0.3) is 0 Å². The van der Waals surface area contributed by atoms with Gasteiger partial charge >= 0.3 is 0 Å². The molecule has 0 radical (unpaired) electrons. The van der Waals surface area contributed by atoms with Crippen LogP contribution in [0.3, 0.4) is 0 Å². The van der Waals surface area contributed by atoms with E-state index < -0.39 is 0 Å². The summed E-state index contributed by atoms with van der Waals surface area (Å²) >= 11 is 0. The van der Waals surface area contributed by atoms with Crippen molar-refractivity contribution in [1.82, 2.24) is 0 Å². The van der Waals surface area contributed by atoms with Crippen molar-refractivity contribution >= 4 is 5.78 Å². The summed E-state index contributed by atoms with van der Waals surface area (Å²) in [6, 6.07) is 5.71. The number of benzene rings is 1. The molecule has 0 amide bonds. The van der Waals surface area contributed by atoms with E-state index in [9.17, 15) is 9.18 Å². The van der Waals surface area contributed by atoms with Gasteiger partial charge in [-0.2, -0.15) is 0 Å². The lowest BCUT2D eigenvalue weighted by Crippen LogP contribution is -2.18. The number of Topliss-reactive ketones (excluding diaryl/α,β-unsaturated/α-hetero) is 1. The fourth-order valence-corrected chi connectivity index (χ4v) is 1.75. The summed E-state index contributed by atoms with van der Waals surface area (Å²) in [5.74, 6) is -0.250. The van der Waals surface area contributed by atoms with Gasteiger partial charge in [0.25, 0.3) is 0 Å². The van der Waals surface area contributed by atoms with E-state index in [1.54, 1.807) is 0 Å². The largest absolute Gasteiger partial charge is 0.330 e. The highest BCUT2D eigenvalue weighted by atomic mass is 19.1. The van der Waals surface area contributed by atoms with Crippen LogP contribution in [0, 0.1) is 11.2 Å². The SMILES string of the molecule is CC(C)(CCN)CCC(=O)c1ccc(F)cc1. The molecule has 0 aliphatic rings. The molecule has 0 fully saturated rings. The molecule has 3 heteroatoms. The smallest absolute Gasteiger partial charge is 0.162 e. The number of hydrogen-bond donors (Lipinski definition) is 1. The number of rotatable bonds is 6. The minimum Gasteiger partial charge on any atom is -0.330 e. The molecular formula is C14H20FNO. The molecule has 0 aliphatic heterocycles. The van der Waals surface area contributed by atoms with Crippen molar-refractivity contribution in [2.24, 2.45) is 11.1 Å². The number of halogens is 1. The maximum atomic E-state index is 12.7. The Morgan fingerprint density at radius 1 is 1.24 bits per heavy atom. The first-order valence-corrected chi connectivity index (χ1v) is 5.93. The van der Waals surface area contributed by atoms with Crippen LogP contribution in [-0.4, -0.2) is 12.3 Å². The molecule has 0 aliphatic carbocycles. The number of nitrogens with two attached hydrogens (primary N) is 1. The van der Waals surface area contributed by atoms with Crippen LogP contribution in [0.5, 0.6) is 0 Å². The summed E-state index contributed by atoms with van der Waals surface area (Å²) in [4.78, 5) is 11.9. The second-order valence-corrected chi connectivity index (χ2v) is 5.13. The standard InChI is InChI=1S/C14H20FNO/c1-14(2,9-10-16)8-7-13(17)11-3-5-12(15)6-4-11/h3-6H,7-10,16H2,1-2H3. The topological polar surface area (TPSA) is 43.1 Å². The Bertz CT molecular complexity index is 370. The van der Waals surface area contributed by atoms with Gasteiger partial charge in [0.15, 0.2) is 5.78 Å². The van der Waals surface area contributed by atoms with E-state index in [0.717, 1.165) is 12.8 Å². The zero-order valence-electron chi connectivity index (χ0n) is 10.5. The Morgan fingerprint density at radius 3 is 2.35 bits per heavy atom. The summed E-state index contributed by atoms with van der Waals surface area (Å²) < 4.78 is 12.7. The molecule has 0 unspecified atom stereocenters. The average Bonchev–Trinajstić information content (AvgIpc) is 2.27. The van der Waals surface area contributed by atoms with Gasteiger partial charge in [-0.3, -0.25) is 4.79 Å². The second kappa shape index (κ2) is 5.92. The van der Waals surface area contributed by atoms with Gasteiger partial charge in [-0.1, -0.05) is 13.8 Å². The Morgan fingerprint density at radius 2 is 1.82 bits per heavy atom.